The first-order chi connectivity index (χ1) is 16.1. The van der Waals surface area contributed by atoms with Crippen LogP contribution in [0, 0.1) is 18.3 Å². The van der Waals surface area contributed by atoms with E-state index >= 15 is 0 Å². The molecule has 7 nitrogen and oxygen atoms in total. The third-order valence-electron chi connectivity index (χ3n) is 6.22. The van der Waals surface area contributed by atoms with Crippen molar-refractivity contribution in [2.75, 3.05) is 0 Å². The third-order valence-corrected chi connectivity index (χ3v) is 7.32. The predicted octanol–water partition coefficient (Wildman–Crippen LogP) is 5.34. The molecule has 0 bridgehead atoms. The van der Waals surface area contributed by atoms with Crippen LogP contribution in [0.4, 0.5) is 5.69 Å². The summed E-state index contributed by atoms with van der Waals surface area (Å²) < 4.78 is 3.82. The van der Waals surface area contributed by atoms with Gasteiger partial charge in [0.25, 0.3) is 0 Å². The zero-order valence-corrected chi connectivity index (χ0v) is 19.2. The number of aliphatic hydroxyl groups excluding tert-OH is 1. The highest BCUT2D eigenvalue weighted by Gasteiger charge is 2.23. The highest BCUT2D eigenvalue weighted by molar-refractivity contribution is 7.99. The highest BCUT2D eigenvalue weighted by Crippen LogP contribution is 2.40. The fourth-order valence-corrected chi connectivity index (χ4v) is 5.57. The molecule has 0 saturated heterocycles. The molecule has 3 heterocycles. The second-order valence-electron chi connectivity index (χ2n) is 8.35. The molecule has 1 aliphatic rings. The SMILES string of the molecule is C=Nc1ccccc1Sc1cc(-c2cn([C@H]3CC[C@@H](O)CC3)nc2C)cn2ncc(C#N)c12. The van der Waals surface area contributed by atoms with Crippen LogP contribution in [0.15, 0.2) is 63.7 Å². The molecule has 3 aromatic heterocycles. The summed E-state index contributed by atoms with van der Waals surface area (Å²) in [5, 5.41) is 28.7. The molecule has 0 amide bonds. The van der Waals surface area contributed by atoms with Crippen LogP contribution >= 0.6 is 11.8 Å². The second kappa shape index (κ2) is 8.85. The minimum absolute atomic E-state index is 0.193. The van der Waals surface area contributed by atoms with Crippen molar-refractivity contribution < 1.29 is 5.11 Å². The van der Waals surface area contributed by atoms with Gasteiger partial charge in [-0.15, -0.1) is 0 Å². The van der Waals surface area contributed by atoms with Crippen molar-refractivity contribution in [1.29, 1.82) is 5.26 Å². The second-order valence-corrected chi connectivity index (χ2v) is 9.44. The van der Waals surface area contributed by atoms with Crippen molar-refractivity contribution in [3.05, 3.63) is 60.2 Å². The van der Waals surface area contributed by atoms with Gasteiger partial charge in [0, 0.05) is 33.3 Å². The van der Waals surface area contributed by atoms with E-state index in [2.05, 4.69) is 35.1 Å². The van der Waals surface area contributed by atoms with Gasteiger partial charge in [-0.25, -0.2) is 4.52 Å². The summed E-state index contributed by atoms with van der Waals surface area (Å²) in [6, 6.07) is 12.5. The Labute approximate surface area is 196 Å². The minimum atomic E-state index is -0.193. The highest BCUT2D eigenvalue weighted by atomic mass is 32.2. The van der Waals surface area contributed by atoms with Gasteiger partial charge in [-0.2, -0.15) is 15.5 Å². The fraction of sp³-hybridized carbons (Fsp3) is 0.280. The number of aliphatic imine (C=N–C) groups is 1. The Bertz CT molecular complexity index is 1370. The number of benzene rings is 1. The first kappa shape index (κ1) is 21.4. The molecule has 8 heteroatoms. The number of nitriles is 1. The van der Waals surface area contributed by atoms with Crippen molar-refractivity contribution in [3.63, 3.8) is 0 Å². The van der Waals surface area contributed by atoms with Crippen LogP contribution in [0.25, 0.3) is 16.6 Å². The Morgan fingerprint density at radius 2 is 1.97 bits per heavy atom. The van der Waals surface area contributed by atoms with Crippen molar-refractivity contribution >= 4 is 29.7 Å². The van der Waals surface area contributed by atoms with Crippen LogP contribution in [0.2, 0.25) is 0 Å². The smallest absolute Gasteiger partial charge is 0.103 e. The molecule has 0 radical (unpaired) electrons. The Morgan fingerprint density at radius 1 is 1.18 bits per heavy atom. The number of aliphatic hydroxyl groups is 1. The van der Waals surface area contributed by atoms with Crippen LogP contribution in [0.5, 0.6) is 0 Å². The summed E-state index contributed by atoms with van der Waals surface area (Å²) in [4.78, 5) is 6.03. The van der Waals surface area contributed by atoms with Crippen LogP contribution in [0.1, 0.15) is 43.0 Å². The van der Waals surface area contributed by atoms with Gasteiger partial charge in [0.1, 0.15) is 6.07 Å². The molecule has 1 aromatic carbocycles. The van der Waals surface area contributed by atoms with E-state index in [0.29, 0.717) is 11.6 Å². The van der Waals surface area contributed by atoms with E-state index in [0.717, 1.165) is 63.5 Å². The van der Waals surface area contributed by atoms with Crippen molar-refractivity contribution in [3.8, 4) is 17.2 Å². The monoisotopic (exact) mass is 456 g/mol. The van der Waals surface area contributed by atoms with Gasteiger partial charge in [-0.3, -0.25) is 9.67 Å². The van der Waals surface area contributed by atoms with Crippen LogP contribution in [0.3, 0.4) is 0 Å². The van der Waals surface area contributed by atoms with Gasteiger partial charge < -0.3 is 5.11 Å². The summed E-state index contributed by atoms with van der Waals surface area (Å²) in [6.45, 7) is 5.70. The zero-order valence-electron chi connectivity index (χ0n) is 18.3. The van der Waals surface area contributed by atoms with Crippen molar-refractivity contribution in [2.45, 2.75) is 54.5 Å². The maximum atomic E-state index is 9.85. The van der Waals surface area contributed by atoms with Crippen LogP contribution in [-0.4, -0.2) is 37.3 Å². The number of fused-ring (bicyclic) bond motifs is 1. The molecule has 4 aromatic rings. The lowest BCUT2D eigenvalue weighted by Crippen LogP contribution is -2.21. The number of rotatable bonds is 5. The molecular weight excluding hydrogens is 432 g/mol. The van der Waals surface area contributed by atoms with E-state index < -0.39 is 0 Å². The summed E-state index contributed by atoms with van der Waals surface area (Å²) in [5.74, 6) is 0. The summed E-state index contributed by atoms with van der Waals surface area (Å²) >= 11 is 1.55. The fourth-order valence-electron chi connectivity index (χ4n) is 4.46. The van der Waals surface area contributed by atoms with E-state index in [1.807, 2.05) is 42.1 Å². The largest absolute Gasteiger partial charge is 0.393 e. The first-order valence-electron chi connectivity index (χ1n) is 11.0. The molecular formula is C25H24N6OS. The number of hydrogen-bond acceptors (Lipinski definition) is 6. The van der Waals surface area contributed by atoms with Gasteiger partial charge in [0.05, 0.1) is 40.8 Å². The molecule has 0 atom stereocenters. The topological polar surface area (TPSA) is 91.5 Å². The normalized spacial score (nSPS) is 18.3. The van der Waals surface area contributed by atoms with Gasteiger partial charge in [-0.1, -0.05) is 23.9 Å². The molecule has 33 heavy (non-hydrogen) atoms. The number of aryl methyl sites for hydroxylation is 1. The summed E-state index contributed by atoms with van der Waals surface area (Å²) in [5.41, 5.74) is 5.07. The molecule has 0 aliphatic heterocycles. The van der Waals surface area contributed by atoms with Crippen LogP contribution in [-0.2, 0) is 0 Å². The lowest BCUT2D eigenvalue weighted by atomic mass is 9.93. The summed E-state index contributed by atoms with van der Waals surface area (Å²) in [7, 11) is 0. The van der Waals surface area contributed by atoms with E-state index in [-0.39, 0.29) is 6.10 Å². The minimum Gasteiger partial charge on any atom is -0.393 e. The molecule has 1 fully saturated rings. The number of nitrogens with zero attached hydrogens (tertiary/aromatic N) is 6. The number of para-hydroxylation sites is 1. The molecule has 1 aliphatic carbocycles. The Kier molecular flexibility index (Phi) is 5.75. The molecule has 1 N–H and O–H groups in total. The van der Waals surface area contributed by atoms with Crippen LogP contribution < -0.4 is 0 Å². The van der Waals surface area contributed by atoms with Gasteiger partial charge in [0.15, 0.2) is 0 Å². The lowest BCUT2D eigenvalue weighted by Gasteiger charge is -2.25. The lowest BCUT2D eigenvalue weighted by molar-refractivity contribution is 0.108. The standard InChI is InChI=1S/C25H24N6OS/c1-16-21(15-30(29-16)19-7-9-20(32)10-8-19)17-11-24(25-18(12-26)13-28-31(25)14-17)33-23-6-4-3-5-22(23)27-2/h3-6,11,13-15,19-20,32H,2,7-10H2,1H3/t19-,20+. The molecule has 0 spiro atoms. The maximum absolute atomic E-state index is 9.85. The van der Waals surface area contributed by atoms with E-state index in [1.165, 1.54) is 0 Å². The molecule has 166 valence electrons. The average Bonchev–Trinajstić information content (AvgIpc) is 3.43. The van der Waals surface area contributed by atoms with E-state index in [9.17, 15) is 10.4 Å². The molecule has 1 saturated carbocycles. The molecule has 0 unspecified atom stereocenters. The van der Waals surface area contributed by atoms with Gasteiger partial charge in [-0.05, 0) is 57.5 Å². The van der Waals surface area contributed by atoms with Gasteiger partial charge in [0.2, 0.25) is 0 Å². The van der Waals surface area contributed by atoms with E-state index in [1.54, 1.807) is 22.5 Å². The van der Waals surface area contributed by atoms with Crippen molar-refractivity contribution in [2.24, 2.45) is 4.99 Å². The first-order valence-corrected chi connectivity index (χ1v) is 11.8. The van der Waals surface area contributed by atoms with Crippen molar-refractivity contribution in [1.82, 2.24) is 19.4 Å². The third kappa shape index (κ3) is 4.06. The Morgan fingerprint density at radius 3 is 2.73 bits per heavy atom. The Balaban J connectivity index is 1.59. The van der Waals surface area contributed by atoms with E-state index in [4.69, 9.17) is 5.10 Å². The quantitative estimate of drug-likeness (QED) is 0.410. The molecule has 5 rings (SSSR count). The predicted molar refractivity (Wildman–Crippen MR) is 129 cm³/mol. The average molecular weight is 457 g/mol. The number of hydrogen-bond donors (Lipinski definition) is 1. The Hall–Kier alpha value is -3.41. The zero-order chi connectivity index (χ0) is 22.9. The maximum Gasteiger partial charge on any atom is 0.103 e. The number of aromatic nitrogens is 4. The summed E-state index contributed by atoms with van der Waals surface area (Å²) in [6.07, 6.45) is 8.94. The number of pyridine rings is 1. The van der Waals surface area contributed by atoms with Gasteiger partial charge >= 0.3 is 0 Å².